The molecule has 1 aliphatic carbocycles. The van der Waals surface area contributed by atoms with Crippen molar-refractivity contribution in [1.82, 2.24) is 34.7 Å². The minimum Gasteiger partial charge on any atom is -0.348 e. The predicted molar refractivity (Wildman–Crippen MR) is 132 cm³/mol. The van der Waals surface area contributed by atoms with Gasteiger partial charge in [-0.2, -0.15) is 10.2 Å². The molecule has 0 spiro atoms. The summed E-state index contributed by atoms with van der Waals surface area (Å²) in [5, 5.41) is 16.0. The first-order valence-corrected chi connectivity index (χ1v) is 11.8. The summed E-state index contributed by atoms with van der Waals surface area (Å²) in [6, 6.07) is 11.6. The van der Waals surface area contributed by atoms with E-state index in [-0.39, 0.29) is 23.4 Å². The summed E-state index contributed by atoms with van der Waals surface area (Å²) in [5.74, 6) is 0.134. The quantitative estimate of drug-likeness (QED) is 0.421. The highest BCUT2D eigenvalue weighted by Crippen LogP contribution is 2.34. The topological polar surface area (TPSA) is 110 Å². The molecule has 0 bridgehead atoms. The van der Waals surface area contributed by atoms with Gasteiger partial charge in [-0.3, -0.25) is 18.7 Å². The van der Waals surface area contributed by atoms with Crippen molar-refractivity contribution in [3.05, 3.63) is 82.9 Å². The molecule has 1 fully saturated rings. The summed E-state index contributed by atoms with van der Waals surface area (Å²) in [6.07, 6.45) is 10.8. The molecule has 9 heteroatoms. The Morgan fingerprint density at radius 2 is 1.86 bits per heavy atom. The molecule has 0 atom stereocenters. The van der Waals surface area contributed by atoms with Crippen molar-refractivity contribution in [2.45, 2.75) is 37.6 Å². The molecule has 1 aliphatic rings. The Labute approximate surface area is 200 Å². The van der Waals surface area contributed by atoms with Gasteiger partial charge < -0.3 is 5.32 Å². The molecule has 0 saturated heterocycles. The third kappa shape index (κ3) is 3.88. The fraction of sp³-hybridized carbons (Fsp3) is 0.269. The molecule has 0 radical (unpaired) electrons. The summed E-state index contributed by atoms with van der Waals surface area (Å²) in [7, 11) is 1.88. The van der Waals surface area contributed by atoms with Gasteiger partial charge >= 0.3 is 0 Å². The van der Waals surface area contributed by atoms with E-state index in [0.717, 1.165) is 53.5 Å². The van der Waals surface area contributed by atoms with Crippen molar-refractivity contribution >= 4 is 22.3 Å². The summed E-state index contributed by atoms with van der Waals surface area (Å²) >= 11 is 0. The molecule has 1 amide bonds. The van der Waals surface area contributed by atoms with Crippen LogP contribution in [0.3, 0.4) is 0 Å². The fourth-order valence-corrected chi connectivity index (χ4v) is 5.12. The lowest BCUT2D eigenvalue weighted by atomic mass is 9.82. The smallest absolute Gasteiger partial charge is 0.272 e. The van der Waals surface area contributed by atoms with E-state index in [1.165, 1.54) is 0 Å². The van der Waals surface area contributed by atoms with Crippen LogP contribution >= 0.6 is 0 Å². The molecule has 0 aliphatic heterocycles. The predicted octanol–water partition coefficient (Wildman–Crippen LogP) is 3.43. The van der Waals surface area contributed by atoms with Crippen molar-refractivity contribution in [3.8, 4) is 11.1 Å². The van der Waals surface area contributed by atoms with E-state index in [2.05, 4.69) is 25.6 Å². The lowest BCUT2D eigenvalue weighted by Gasteiger charge is -2.29. The van der Waals surface area contributed by atoms with E-state index in [4.69, 9.17) is 0 Å². The second-order valence-corrected chi connectivity index (χ2v) is 9.20. The van der Waals surface area contributed by atoms with E-state index in [1.54, 1.807) is 10.9 Å². The molecular weight excluding hydrogens is 442 g/mol. The molecule has 2 N–H and O–H groups in total. The molecule has 4 aromatic heterocycles. The summed E-state index contributed by atoms with van der Waals surface area (Å²) in [6.45, 7) is 0. The number of hydrogen-bond acceptors (Lipinski definition) is 5. The Balaban J connectivity index is 1.15. The maximum absolute atomic E-state index is 13.1. The first-order chi connectivity index (χ1) is 17.1. The van der Waals surface area contributed by atoms with E-state index in [0.29, 0.717) is 11.1 Å². The molecule has 35 heavy (non-hydrogen) atoms. The molecule has 4 heterocycles. The van der Waals surface area contributed by atoms with E-state index >= 15 is 0 Å². The van der Waals surface area contributed by atoms with Crippen molar-refractivity contribution < 1.29 is 4.79 Å². The number of benzene rings is 1. The Bertz CT molecular complexity index is 1610. The number of aromatic amines is 1. The molecule has 1 aromatic carbocycles. The van der Waals surface area contributed by atoms with Gasteiger partial charge in [0.2, 0.25) is 0 Å². The number of pyridine rings is 1. The molecule has 5 aromatic rings. The number of nitrogens with one attached hydrogen (secondary N) is 2. The van der Waals surface area contributed by atoms with Crippen molar-refractivity contribution in [1.29, 1.82) is 0 Å². The van der Waals surface area contributed by atoms with Gasteiger partial charge in [0.25, 0.3) is 11.5 Å². The zero-order valence-corrected chi connectivity index (χ0v) is 19.3. The van der Waals surface area contributed by atoms with Crippen molar-refractivity contribution in [2.75, 3.05) is 0 Å². The number of amides is 1. The van der Waals surface area contributed by atoms with Crippen LogP contribution in [0, 0.1) is 0 Å². The number of aryl methyl sites for hydroxylation is 1. The number of aromatic nitrogens is 6. The number of rotatable bonds is 4. The number of imidazole rings is 1. The largest absolute Gasteiger partial charge is 0.348 e. The molecule has 176 valence electrons. The van der Waals surface area contributed by atoms with Crippen LogP contribution in [0.25, 0.3) is 27.5 Å². The molecular formula is C26H25N7O2. The van der Waals surface area contributed by atoms with Gasteiger partial charge in [0, 0.05) is 42.4 Å². The van der Waals surface area contributed by atoms with Gasteiger partial charge in [0.1, 0.15) is 11.3 Å². The fourth-order valence-electron chi connectivity index (χ4n) is 5.12. The van der Waals surface area contributed by atoms with Gasteiger partial charge in [0.05, 0.1) is 23.5 Å². The molecule has 9 nitrogen and oxygen atoms in total. The minimum atomic E-state index is -0.161. The summed E-state index contributed by atoms with van der Waals surface area (Å²) in [5.41, 5.74) is 4.03. The number of hydrogen-bond donors (Lipinski definition) is 2. The highest BCUT2D eigenvalue weighted by Gasteiger charge is 2.27. The lowest BCUT2D eigenvalue weighted by molar-refractivity contribution is 0.0919. The molecule has 1 saturated carbocycles. The number of H-pyrrole nitrogens is 1. The van der Waals surface area contributed by atoms with E-state index < -0.39 is 0 Å². The molecule has 0 unspecified atom stereocenters. The average Bonchev–Trinajstić information content (AvgIpc) is 3.51. The number of fused-ring (bicyclic) bond motifs is 2. The second kappa shape index (κ2) is 8.50. The third-order valence-corrected chi connectivity index (χ3v) is 6.96. The zero-order valence-electron chi connectivity index (χ0n) is 19.3. The van der Waals surface area contributed by atoms with Gasteiger partial charge in [0.15, 0.2) is 0 Å². The number of carbonyl (C=O) groups excluding carboxylic acids is 1. The van der Waals surface area contributed by atoms with E-state index in [1.807, 2.05) is 66.4 Å². The van der Waals surface area contributed by atoms with Crippen LogP contribution in [0.1, 0.15) is 47.8 Å². The number of carbonyl (C=O) groups is 1. The highest BCUT2D eigenvalue weighted by atomic mass is 16.2. The van der Waals surface area contributed by atoms with Crippen LogP contribution in [-0.4, -0.2) is 41.3 Å². The van der Waals surface area contributed by atoms with E-state index in [9.17, 15) is 9.59 Å². The average molecular weight is 468 g/mol. The summed E-state index contributed by atoms with van der Waals surface area (Å²) in [4.78, 5) is 29.6. The molecule has 6 rings (SSSR count). The maximum Gasteiger partial charge on any atom is 0.272 e. The van der Waals surface area contributed by atoms with Gasteiger partial charge in [-0.05, 0) is 49.4 Å². The minimum absolute atomic E-state index is 0.0907. The Kier molecular flexibility index (Phi) is 5.17. The van der Waals surface area contributed by atoms with Crippen LogP contribution in [0.2, 0.25) is 0 Å². The summed E-state index contributed by atoms with van der Waals surface area (Å²) < 4.78 is 3.57. The SMILES string of the molecule is Cn1cc(-c2ccn3c(C(=O)NC4CCC(c5n[nH]c(=O)c6ccccc56)CC4)cnc3c2)cn1. The first-order valence-electron chi connectivity index (χ1n) is 11.8. The van der Waals surface area contributed by atoms with Crippen LogP contribution in [0.4, 0.5) is 0 Å². The van der Waals surface area contributed by atoms with Crippen LogP contribution in [0.15, 0.2) is 66.0 Å². The highest BCUT2D eigenvalue weighted by molar-refractivity contribution is 5.93. The van der Waals surface area contributed by atoms with Crippen molar-refractivity contribution in [2.24, 2.45) is 7.05 Å². The zero-order chi connectivity index (χ0) is 23.9. The monoisotopic (exact) mass is 467 g/mol. The van der Waals surface area contributed by atoms with Crippen LogP contribution in [-0.2, 0) is 7.05 Å². The van der Waals surface area contributed by atoms with Gasteiger partial charge in [-0.15, -0.1) is 0 Å². The van der Waals surface area contributed by atoms with Crippen LogP contribution in [0.5, 0.6) is 0 Å². The normalized spacial score (nSPS) is 18.2. The standard InChI is InChI=1S/C26H25N7O2/c1-32-15-18(13-28-32)17-10-11-33-22(14-27-23(33)12-17)26(35)29-19-8-6-16(7-9-19)24-20-4-2-3-5-21(20)25(34)31-30-24/h2-5,10-16,19H,6-9H2,1H3,(H,29,35)(H,31,34). The van der Waals surface area contributed by atoms with Gasteiger partial charge in [-0.1, -0.05) is 18.2 Å². The Hall–Kier alpha value is -4.27. The van der Waals surface area contributed by atoms with Crippen LogP contribution < -0.4 is 10.9 Å². The van der Waals surface area contributed by atoms with Crippen molar-refractivity contribution in [3.63, 3.8) is 0 Å². The second-order valence-electron chi connectivity index (χ2n) is 9.20. The van der Waals surface area contributed by atoms with Gasteiger partial charge in [-0.25, -0.2) is 10.1 Å². The number of nitrogens with zero attached hydrogens (tertiary/aromatic N) is 5. The maximum atomic E-state index is 13.1. The first kappa shape index (κ1) is 21.3. The Morgan fingerprint density at radius 1 is 1.06 bits per heavy atom. The third-order valence-electron chi connectivity index (χ3n) is 6.96. The lowest BCUT2D eigenvalue weighted by Crippen LogP contribution is -2.38. The Morgan fingerprint density at radius 3 is 2.63 bits per heavy atom.